The zero-order chi connectivity index (χ0) is 14.1. The molecule has 3 aromatic rings. The van der Waals surface area contributed by atoms with E-state index in [2.05, 4.69) is 63.9 Å². The van der Waals surface area contributed by atoms with Gasteiger partial charge in [0.05, 0.1) is 12.1 Å². The quantitative estimate of drug-likeness (QED) is 0.780. The van der Waals surface area contributed by atoms with Gasteiger partial charge in [-0.15, -0.1) is 0 Å². The maximum Gasteiger partial charge on any atom is 0.222 e. The van der Waals surface area contributed by atoms with Crippen molar-refractivity contribution in [2.45, 2.75) is 18.5 Å². The summed E-state index contributed by atoms with van der Waals surface area (Å²) in [6, 6.07) is 21.5. The van der Waals surface area contributed by atoms with Crippen LogP contribution in [0.15, 0.2) is 67.0 Å². The van der Waals surface area contributed by atoms with Crippen LogP contribution in [0.25, 0.3) is 0 Å². The predicted octanol–water partition coefficient (Wildman–Crippen LogP) is 3.42. The average molecular weight is 276 g/mol. The first kappa shape index (κ1) is 12.1. The number of hydrogen-bond donors (Lipinski definition) is 1. The van der Waals surface area contributed by atoms with Crippen molar-refractivity contribution in [2.75, 3.05) is 5.32 Å². The van der Waals surface area contributed by atoms with Crippen LogP contribution in [-0.2, 0) is 0 Å². The third kappa shape index (κ3) is 2.18. The van der Waals surface area contributed by atoms with Gasteiger partial charge >= 0.3 is 0 Å². The van der Waals surface area contributed by atoms with E-state index in [4.69, 9.17) is 0 Å². The zero-order valence-electron chi connectivity index (χ0n) is 11.6. The largest absolute Gasteiger partial charge is 0.348 e. The molecule has 4 rings (SSSR count). The summed E-state index contributed by atoms with van der Waals surface area (Å²) in [5.41, 5.74) is 2.55. The Bertz CT molecular complexity index is 721. The molecule has 21 heavy (non-hydrogen) atoms. The summed E-state index contributed by atoms with van der Waals surface area (Å²) in [4.78, 5) is 4.35. The highest BCUT2D eigenvalue weighted by molar-refractivity contribution is 5.37. The molecule has 4 nitrogen and oxygen atoms in total. The smallest absolute Gasteiger partial charge is 0.222 e. The highest BCUT2D eigenvalue weighted by atomic mass is 15.4. The Labute approximate surface area is 123 Å². The van der Waals surface area contributed by atoms with Crippen LogP contribution in [0.4, 0.5) is 5.95 Å². The molecular formula is C17H16N4. The van der Waals surface area contributed by atoms with E-state index in [-0.39, 0.29) is 12.1 Å². The molecular weight excluding hydrogens is 260 g/mol. The summed E-state index contributed by atoms with van der Waals surface area (Å²) < 4.78 is 1.98. The zero-order valence-corrected chi connectivity index (χ0v) is 11.6. The highest BCUT2D eigenvalue weighted by Crippen LogP contribution is 2.36. The second-order valence-corrected chi connectivity index (χ2v) is 5.30. The number of hydrogen-bond acceptors (Lipinski definition) is 3. The molecule has 0 bridgehead atoms. The Kier molecular flexibility index (Phi) is 2.92. The molecule has 0 aliphatic carbocycles. The first-order valence-electron chi connectivity index (χ1n) is 7.18. The lowest BCUT2D eigenvalue weighted by molar-refractivity contribution is 0.431. The molecule has 4 heteroatoms. The summed E-state index contributed by atoms with van der Waals surface area (Å²) in [5.74, 6) is 0.837. The van der Waals surface area contributed by atoms with Crippen molar-refractivity contribution >= 4 is 5.95 Å². The molecule has 0 fully saturated rings. The van der Waals surface area contributed by atoms with E-state index in [1.165, 1.54) is 11.1 Å². The molecule has 0 saturated carbocycles. The van der Waals surface area contributed by atoms with Crippen molar-refractivity contribution in [2.24, 2.45) is 0 Å². The summed E-state index contributed by atoms with van der Waals surface area (Å²) in [6.07, 6.45) is 2.58. The molecule has 0 amide bonds. The van der Waals surface area contributed by atoms with Crippen molar-refractivity contribution in [1.29, 1.82) is 0 Å². The van der Waals surface area contributed by atoms with Crippen molar-refractivity contribution in [3.63, 3.8) is 0 Å². The number of rotatable bonds is 2. The minimum absolute atomic E-state index is 0.218. The fourth-order valence-electron chi connectivity index (χ4n) is 2.98. The van der Waals surface area contributed by atoms with E-state index in [9.17, 15) is 0 Å². The molecule has 104 valence electrons. The maximum absolute atomic E-state index is 4.39. The Morgan fingerprint density at radius 2 is 1.57 bits per heavy atom. The molecule has 2 aromatic carbocycles. The van der Waals surface area contributed by atoms with E-state index >= 15 is 0 Å². The van der Waals surface area contributed by atoms with E-state index in [0.29, 0.717) is 0 Å². The van der Waals surface area contributed by atoms with Crippen molar-refractivity contribution in [3.8, 4) is 0 Å². The molecule has 1 aliphatic heterocycles. The summed E-state index contributed by atoms with van der Waals surface area (Å²) in [7, 11) is 0. The Hall–Kier alpha value is -2.62. The number of nitrogens with zero attached hydrogens (tertiary/aromatic N) is 3. The van der Waals surface area contributed by atoms with Crippen molar-refractivity contribution in [1.82, 2.24) is 14.8 Å². The lowest BCUT2D eigenvalue weighted by atomic mass is 9.93. The number of anilines is 1. The third-order valence-electron chi connectivity index (χ3n) is 4.02. The van der Waals surface area contributed by atoms with Crippen molar-refractivity contribution in [3.05, 3.63) is 78.1 Å². The van der Waals surface area contributed by atoms with Gasteiger partial charge in [-0.05, 0) is 17.5 Å². The normalized spacial score (nSPS) is 20.6. The Balaban J connectivity index is 1.74. The number of benzene rings is 2. The molecule has 0 spiro atoms. The van der Waals surface area contributed by atoms with Gasteiger partial charge in [-0.25, -0.2) is 4.68 Å². The molecule has 1 N–H and O–H groups in total. The van der Waals surface area contributed by atoms with Gasteiger partial charge in [0, 0.05) is 0 Å². The number of aromatic nitrogens is 3. The van der Waals surface area contributed by atoms with Crippen LogP contribution in [0, 0.1) is 0 Å². The second kappa shape index (κ2) is 5.05. The fourth-order valence-corrected chi connectivity index (χ4v) is 2.98. The van der Waals surface area contributed by atoms with Gasteiger partial charge in [0.1, 0.15) is 6.33 Å². The Morgan fingerprint density at radius 3 is 2.29 bits per heavy atom. The Morgan fingerprint density at radius 1 is 0.905 bits per heavy atom. The molecule has 2 heterocycles. The highest BCUT2D eigenvalue weighted by Gasteiger charge is 2.29. The minimum atomic E-state index is 0.218. The fraction of sp³-hybridized carbons (Fsp3) is 0.176. The van der Waals surface area contributed by atoms with Crippen LogP contribution < -0.4 is 5.32 Å². The first-order valence-corrected chi connectivity index (χ1v) is 7.18. The standard InChI is InChI=1S/C17H16N4/c1-3-7-13(8-4-1)15-11-16(14-9-5-2-6-10-14)21-17(20-15)18-12-19-21/h1-10,12,15-16H,11H2,(H,18,19,20)/t15-,16-/m0/s1. The second-order valence-electron chi connectivity index (χ2n) is 5.30. The molecule has 0 unspecified atom stereocenters. The molecule has 0 saturated heterocycles. The van der Waals surface area contributed by atoms with E-state index in [1.54, 1.807) is 6.33 Å². The van der Waals surface area contributed by atoms with Crippen molar-refractivity contribution < 1.29 is 0 Å². The van der Waals surface area contributed by atoms with E-state index < -0.39 is 0 Å². The lowest BCUT2D eigenvalue weighted by Gasteiger charge is -2.31. The maximum atomic E-state index is 4.39. The van der Waals surface area contributed by atoms with Gasteiger partial charge in [-0.3, -0.25) is 0 Å². The van der Waals surface area contributed by atoms with Gasteiger partial charge in [0.2, 0.25) is 5.95 Å². The predicted molar refractivity (Wildman–Crippen MR) is 82.0 cm³/mol. The van der Waals surface area contributed by atoms with Crippen LogP contribution >= 0.6 is 0 Å². The van der Waals surface area contributed by atoms with Gasteiger partial charge in [0.15, 0.2) is 0 Å². The molecule has 0 radical (unpaired) electrons. The minimum Gasteiger partial charge on any atom is -0.348 e. The summed E-state index contributed by atoms with van der Waals surface area (Å²) in [5, 5.41) is 7.87. The van der Waals surface area contributed by atoms with Crippen LogP contribution in [-0.4, -0.2) is 14.8 Å². The molecule has 2 atom stereocenters. The van der Waals surface area contributed by atoms with Crippen LogP contribution in [0.1, 0.15) is 29.6 Å². The summed E-state index contributed by atoms with van der Waals surface area (Å²) in [6.45, 7) is 0. The lowest BCUT2D eigenvalue weighted by Crippen LogP contribution is -2.28. The topological polar surface area (TPSA) is 42.7 Å². The van der Waals surface area contributed by atoms with Gasteiger partial charge in [0.25, 0.3) is 0 Å². The molecule has 1 aliphatic rings. The average Bonchev–Trinajstić information content (AvgIpc) is 3.04. The number of nitrogens with one attached hydrogen (secondary N) is 1. The van der Waals surface area contributed by atoms with Gasteiger partial charge in [-0.2, -0.15) is 10.1 Å². The SMILES string of the molecule is c1ccc([C@@H]2C[C@@H](c3ccccc3)n3ncnc3N2)cc1. The summed E-state index contributed by atoms with van der Waals surface area (Å²) >= 11 is 0. The van der Waals surface area contributed by atoms with Crippen LogP contribution in [0.3, 0.4) is 0 Å². The van der Waals surface area contributed by atoms with E-state index in [0.717, 1.165) is 12.4 Å². The third-order valence-corrected chi connectivity index (χ3v) is 4.02. The number of fused-ring (bicyclic) bond motifs is 1. The van der Waals surface area contributed by atoms with Crippen LogP contribution in [0.2, 0.25) is 0 Å². The van der Waals surface area contributed by atoms with E-state index in [1.807, 2.05) is 16.8 Å². The first-order chi connectivity index (χ1) is 10.4. The van der Waals surface area contributed by atoms with Crippen LogP contribution in [0.5, 0.6) is 0 Å². The molecule has 1 aromatic heterocycles. The van der Waals surface area contributed by atoms with Gasteiger partial charge < -0.3 is 5.32 Å². The monoisotopic (exact) mass is 276 g/mol. The van der Waals surface area contributed by atoms with Gasteiger partial charge in [-0.1, -0.05) is 60.7 Å².